The summed E-state index contributed by atoms with van der Waals surface area (Å²) in [7, 11) is 0. The molecule has 3 nitrogen and oxygen atoms in total. The van der Waals surface area contributed by atoms with E-state index in [-0.39, 0.29) is 41.9 Å². The van der Waals surface area contributed by atoms with Crippen molar-refractivity contribution in [3.05, 3.63) is 86.2 Å². The second-order valence-electron chi connectivity index (χ2n) is 16.9. The van der Waals surface area contributed by atoms with Crippen LogP contribution in [0.3, 0.4) is 0 Å². The van der Waals surface area contributed by atoms with E-state index in [1.54, 1.807) is 0 Å². The Kier molecular flexibility index (Phi) is 17.7. The molecule has 1 aromatic heterocycles. The summed E-state index contributed by atoms with van der Waals surface area (Å²) in [5.41, 5.74) is 14.8. The first-order valence-electron chi connectivity index (χ1n) is 20.9. The van der Waals surface area contributed by atoms with Crippen LogP contribution in [0.15, 0.2) is 46.4 Å². The van der Waals surface area contributed by atoms with Gasteiger partial charge in [0.2, 0.25) is 0 Å². The molecule has 7 rings (SSSR count). The number of aromatic nitrogens is 1. The molecule has 0 saturated heterocycles. The summed E-state index contributed by atoms with van der Waals surface area (Å²) in [6, 6.07) is 13.8. The fraction of sp³-hybridized carbons (Fsp3) is 0.596. The van der Waals surface area contributed by atoms with E-state index in [1.807, 2.05) is 12.1 Å². The van der Waals surface area contributed by atoms with Crippen LogP contribution in [0.1, 0.15) is 211 Å². The van der Waals surface area contributed by atoms with Gasteiger partial charge in [-0.1, -0.05) is 124 Å². The maximum atomic E-state index is 6.95. The van der Waals surface area contributed by atoms with E-state index in [4.69, 9.17) is 26.6 Å². The minimum atomic E-state index is 0. The molecular weight excluding hydrogens is 769 g/mol. The Balaban J connectivity index is 0.00000217. The van der Waals surface area contributed by atoms with Gasteiger partial charge in [-0.05, 0) is 137 Å². The summed E-state index contributed by atoms with van der Waals surface area (Å²) in [4.78, 5) is 16.4. The minimum absolute atomic E-state index is 0. The summed E-state index contributed by atoms with van der Waals surface area (Å²) in [5, 5.41) is 0.701. The van der Waals surface area contributed by atoms with Crippen LogP contribution in [0.5, 0.6) is 0 Å². The van der Waals surface area contributed by atoms with Crippen molar-refractivity contribution in [3.8, 4) is 0 Å². The fourth-order valence-corrected chi connectivity index (χ4v) is 10.4. The third-order valence-electron chi connectivity index (χ3n) is 12.9. The Labute approximate surface area is 355 Å². The van der Waals surface area contributed by atoms with Crippen molar-refractivity contribution in [1.29, 1.82) is 0 Å². The van der Waals surface area contributed by atoms with E-state index < -0.39 is 0 Å². The van der Waals surface area contributed by atoms with Crippen LogP contribution in [0.25, 0.3) is 0 Å². The van der Waals surface area contributed by atoms with Gasteiger partial charge in [0.25, 0.3) is 0 Å². The van der Waals surface area contributed by atoms with Gasteiger partial charge in [-0.2, -0.15) is 0 Å². The molecule has 4 fully saturated rings. The number of hydrogen-bond acceptors (Lipinski definition) is 3. The number of aliphatic imine (C=N–C) groups is 2. The Bertz CT molecular complexity index is 1540. The summed E-state index contributed by atoms with van der Waals surface area (Å²) in [6.07, 6.45) is 26.2. The van der Waals surface area contributed by atoms with E-state index in [9.17, 15) is 0 Å². The molecule has 7 heteroatoms. The van der Waals surface area contributed by atoms with Crippen LogP contribution in [-0.4, -0.2) is 16.4 Å². The number of aryl methyl sites for hydroxylation is 2. The second kappa shape index (κ2) is 21.2. The van der Waals surface area contributed by atoms with Crippen LogP contribution >= 0.6 is 11.6 Å². The predicted molar refractivity (Wildman–Crippen MR) is 219 cm³/mol. The van der Waals surface area contributed by atoms with Gasteiger partial charge in [0.15, 0.2) is 0 Å². The molecule has 54 heavy (non-hydrogen) atoms. The molecule has 3 aromatic rings. The Morgan fingerprint density at radius 2 is 0.741 bits per heavy atom. The summed E-state index contributed by atoms with van der Waals surface area (Å²) in [6.45, 7) is 8.87. The van der Waals surface area contributed by atoms with Crippen molar-refractivity contribution in [1.82, 2.24) is 4.98 Å². The Morgan fingerprint density at radius 1 is 0.481 bits per heavy atom. The molecule has 4 aliphatic carbocycles. The van der Waals surface area contributed by atoms with Gasteiger partial charge >= 0.3 is 17.1 Å². The van der Waals surface area contributed by atoms with Crippen LogP contribution in [0.4, 0.5) is 11.4 Å². The first kappa shape index (κ1) is 45.0. The molecule has 0 unspecified atom stereocenters. The van der Waals surface area contributed by atoms with Gasteiger partial charge in [0, 0.05) is 5.02 Å². The second-order valence-corrected chi connectivity index (χ2v) is 17.3. The van der Waals surface area contributed by atoms with E-state index in [0.717, 1.165) is 22.8 Å². The van der Waals surface area contributed by atoms with Gasteiger partial charge in [-0.25, -0.2) is 4.98 Å². The number of hydrogen-bond donors (Lipinski definition) is 0. The van der Waals surface area contributed by atoms with Crippen LogP contribution in [0, 0.1) is 13.8 Å². The van der Waals surface area contributed by atoms with Crippen molar-refractivity contribution in [2.24, 2.45) is 9.98 Å². The fourth-order valence-electron chi connectivity index (χ4n) is 10.1. The number of pyridine rings is 1. The maximum absolute atomic E-state index is 6.95. The number of benzene rings is 2. The van der Waals surface area contributed by atoms with Gasteiger partial charge in [0.05, 0.1) is 34.2 Å². The zero-order valence-electron chi connectivity index (χ0n) is 33.2. The molecular formula is C47H62Cl3FeN3. The summed E-state index contributed by atoms with van der Waals surface area (Å²) < 4.78 is 0. The zero-order chi connectivity index (χ0) is 35.3. The largest absolute Gasteiger partial charge is 2.00 e. The molecule has 1 heterocycles. The third-order valence-corrected chi connectivity index (χ3v) is 13.1. The van der Waals surface area contributed by atoms with Gasteiger partial charge in [-0.3, -0.25) is 9.98 Å². The first-order valence-corrected chi connectivity index (χ1v) is 21.3. The molecule has 4 aliphatic rings. The quantitative estimate of drug-likeness (QED) is 0.165. The number of rotatable bonds is 8. The molecule has 0 N–H and O–H groups in total. The summed E-state index contributed by atoms with van der Waals surface area (Å²) in [5.74, 6) is 2.37. The molecule has 4 saturated carbocycles. The molecule has 0 radical (unpaired) electrons. The van der Waals surface area contributed by atoms with Crippen molar-refractivity contribution in [3.63, 3.8) is 0 Å². The van der Waals surface area contributed by atoms with Crippen molar-refractivity contribution in [2.45, 2.75) is 180 Å². The topological polar surface area (TPSA) is 37.6 Å². The number of nitrogens with zero attached hydrogens (tertiary/aromatic N) is 3. The van der Waals surface area contributed by atoms with Crippen molar-refractivity contribution >= 4 is 34.4 Å². The molecule has 0 amide bonds. The van der Waals surface area contributed by atoms with Crippen LogP contribution in [-0.2, 0) is 17.1 Å². The molecule has 0 aliphatic heterocycles. The first-order chi connectivity index (χ1) is 24.8. The maximum Gasteiger partial charge on any atom is 2.00 e. The van der Waals surface area contributed by atoms with Crippen molar-refractivity contribution < 1.29 is 41.9 Å². The van der Waals surface area contributed by atoms with E-state index in [1.165, 1.54) is 173 Å². The average molecular weight is 831 g/mol. The van der Waals surface area contributed by atoms with E-state index in [2.05, 4.69) is 52.0 Å². The van der Waals surface area contributed by atoms with Crippen LogP contribution < -0.4 is 24.8 Å². The Morgan fingerprint density at radius 3 is 1.00 bits per heavy atom. The zero-order valence-corrected chi connectivity index (χ0v) is 36.6. The molecule has 0 spiro atoms. The average Bonchev–Trinajstić information content (AvgIpc) is 3.17. The van der Waals surface area contributed by atoms with Crippen molar-refractivity contribution in [2.75, 3.05) is 0 Å². The Hall–Kier alpha value is -1.68. The van der Waals surface area contributed by atoms with Gasteiger partial charge < -0.3 is 24.8 Å². The molecule has 0 bridgehead atoms. The monoisotopic (exact) mass is 829 g/mol. The number of halogens is 3. The van der Waals surface area contributed by atoms with Gasteiger partial charge in [0.1, 0.15) is 0 Å². The summed E-state index contributed by atoms with van der Waals surface area (Å²) >= 11 is 6.95. The standard InChI is InChI=1S/C47H62ClN3.2ClH.Fe/c1-31-25-40(35-17-9-5-10-18-35)46(41(26-31)36-19-11-6-12-20-36)49-33(3)44-29-39(48)30-45(51-44)34(4)50-47-42(37-21-13-7-14-22-37)27-32(2)28-43(47)38-23-15-8-16-24-38;;;/h25-30,35-38H,5-24H2,1-4H3;2*1H;/q;;;+2/p-2. The third kappa shape index (κ3) is 10.8. The smallest absolute Gasteiger partial charge is 1.00 e. The van der Waals surface area contributed by atoms with Gasteiger partial charge in [-0.15, -0.1) is 0 Å². The normalized spacial score (nSPS) is 19.8. The SMILES string of the molecule is CC(=Nc1c(C2CCCCC2)cc(C)cc1C1CCCCC1)c1cc(Cl)cc(C(C)=Nc2c(C3CCCCC3)cc(C)cc2C2CCCCC2)n1.[Cl-].[Cl-].[Fe+2]. The predicted octanol–water partition coefficient (Wildman–Crippen LogP) is 8.83. The molecule has 2 aromatic carbocycles. The molecule has 0 atom stereocenters. The van der Waals surface area contributed by atoms with E-state index >= 15 is 0 Å². The minimum Gasteiger partial charge on any atom is -1.00 e. The van der Waals surface area contributed by atoms with Crippen LogP contribution in [0.2, 0.25) is 5.02 Å². The van der Waals surface area contributed by atoms with E-state index in [0.29, 0.717) is 28.7 Å². The molecule has 294 valence electrons.